The van der Waals surface area contributed by atoms with Crippen molar-refractivity contribution < 1.29 is 31.2 Å². The first-order valence-electron chi connectivity index (χ1n) is 9.57. The van der Waals surface area contributed by atoms with Crippen LogP contribution in [0.4, 0.5) is 13.2 Å². The van der Waals surface area contributed by atoms with Crippen LogP contribution in [0.5, 0.6) is 0 Å². The third-order valence-corrected chi connectivity index (χ3v) is 6.43. The number of rotatable bonds is 8. The van der Waals surface area contributed by atoms with Gasteiger partial charge in [-0.15, -0.1) is 0 Å². The lowest BCUT2D eigenvalue weighted by atomic mass is 10.2. The maximum absolute atomic E-state index is 12.9. The zero-order valence-electron chi connectivity index (χ0n) is 16.8. The third kappa shape index (κ3) is 6.28. The van der Waals surface area contributed by atoms with Gasteiger partial charge in [-0.2, -0.15) is 17.5 Å². The summed E-state index contributed by atoms with van der Waals surface area (Å²) in [6, 6.07) is 8.98. The normalized spacial score (nSPS) is 15.2. The number of pyridine rings is 1. The number of nitrogens with one attached hydrogen (secondary N) is 2. The standard InChI is InChI=1S/C20H21F3N4O4S/c21-20(22,23)15-4-3-6-18(12-15)32(29,30)27-10-7-16(8-11-27)26-31-14-19(28)25-13-17-5-1-2-9-24-17/h1-7,9,12,26H,8,10-11,13-14H2,(H,25,28). The summed E-state index contributed by atoms with van der Waals surface area (Å²) in [5.41, 5.74) is 2.85. The molecule has 0 saturated heterocycles. The number of halogens is 3. The van der Waals surface area contributed by atoms with Crippen molar-refractivity contribution >= 4 is 15.9 Å². The lowest BCUT2D eigenvalue weighted by molar-refractivity contribution is -0.137. The first-order chi connectivity index (χ1) is 15.2. The number of hydrogen-bond donors (Lipinski definition) is 2. The highest BCUT2D eigenvalue weighted by atomic mass is 32.2. The second-order valence-electron chi connectivity index (χ2n) is 6.86. The topological polar surface area (TPSA) is 101 Å². The van der Waals surface area contributed by atoms with Gasteiger partial charge in [-0.1, -0.05) is 12.1 Å². The molecule has 1 aliphatic rings. The van der Waals surface area contributed by atoms with Crippen LogP contribution in [0.2, 0.25) is 0 Å². The summed E-state index contributed by atoms with van der Waals surface area (Å²) in [7, 11) is -4.09. The molecule has 0 fully saturated rings. The fourth-order valence-electron chi connectivity index (χ4n) is 2.88. The van der Waals surface area contributed by atoms with Gasteiger partial charge >= 0.3 is 6.18 Å². The number of sulfonamides is 1. The minimum Gasteiger partial charge on any atom is -0.348 e. The van der Waals surface area contributed by atoms with E-state index in [2.05, 4.69) is 15.8 Å². The second-order valence-corrected chi connectivity index (χ2v) is 8.79. The molecule has 1 amide bonds. The van der Waals surface area contributed by atoms with Gasteiger partial charge in [0.05, 0.1) is 22.7 Å². The van der Waals surface area contributed by atoms with E-state index in [0.29, 0.717) is 17.5 Å². The fourth-order valence-corrected chi connectivity index (χ4v) is 4.31. The minimum absolute atomic E-state index is 0.0455. The summed E-state index contributed by atoms with van der Waals surface area (Å²) in [5.74, 6) is -0.367. The van der Waals surface area contributed by atoms with Crippen molar-refractivity contribution in [1.29, 1.82) is 0 Å². The van der Waals surface area contributed by atoms with Crippen molar-refractivity contribution in [2.24, 2.45) is 0 Å². The Hall–Kier alpha value is -2.96. The van der Waals surface area contributed by atoms with Crippen molar-refractivity contribution in [3.05, 3.63) is 71.7 Å². The zero-order chi connectivity index (χ0) is 23.2. The van der Waals surface area contributed by atoms with Crippen LogP contribution in [0.3, 0.4) is 0 Å². The Labute approximate surface area is 183 Å². The van der Waals surface area contributed by atoms with Crippen molar-refractivity contribution in [2.75, 3.05) is 19.7 Å². The maximum Gasteiger partial charge on any atom is 0.416 e. The number of carbonyl (C=O) groups excluding carboxylic acids is 1. The molecule has 0 spiro atoms. The number of benzene rings is 1. The molecular formula is C20H21F3N4O4S. The average molecular weight is 470 g/mol. The SMILES string of the molecule is O=C(CONC1=CCN(S(=O)(=O)c2cccc(C(F)(F)F)c2)CC1)NCc1ccccn1. The van der Waals surface area contributed by atoms with Gasteiger partial charge in [0.25, 0.3) is 0 Å². The van der Waals surface area contributed by atoms with Crippen LogP contribution >= 0.6 is 0 Å². The van der Waals surface area contributed by atoms with E-state index >= 15 is 0 Å². The Morgan fingerprint density at radius 2 is 2.00 bits per heavy atom. The first-order valence-corrected chi connectivity index (χ1v) is 11.0. The van der Waals surface area contributed by atoms with Crippen molar-refractivity contribution in [3.8, 4) is 0 Å². The van der Waals surface area contributed by atoms with Gasteiger partial charge in [0.2, 0.25) is 15.9 Å². The molecule has 32 heavy (non-hydrogen) atoms. The smallest absolute Gasteiger partial charge is 0.348 e. The average Bonchev–Trinajstić information content (AvgIpc) is 2.78. The van der Waals surface area contributed by atoms with E-state index in [9.17, 15) is 26.4 Å². The highest BCUT2D eigenvalue weighted by Gasteiger charge is 2.33. The number of nitrogens with zero attached hydrogens (tertiary/aromatic N) is 2. The van der Waals surface area contributed by atoms with Crippen molar-refractivity contribution in [2.45, 2.75) is 24.0 Å². The molecule has 172 valence electrons. The van der Waals surface area contributed by atoms with Gasteiger partial charge in [-0.25, -0.2) is 8.42 Å². The van der Waals surface area contributed by atoms with E-state index in [1.54, 1.807) is 30.5 Å². The highest BCUT2D eigenvalue weighted by molar-refractivity contribution is 7.89. The molecule has 0 atom stereocenters. The Bertz CT molecular complexity index is 1080. The molecule has 12 heteroatoms. The number of amides is 1. The molecule has 0 unspecified atom stereocenters. The van der Waals surface area contributed by atoms with Crippen LogP contribution in [0.25, 0.3) is 0 Å². The lowest BCUT2D eigenvalue weighted by Gasteiger charge is -2.26. The second kappa shape index (κ2) is 10.1. The number of hydrogen-bond acceptors (Lipinski definition) is 6. The molecule has 1 aromatic carbocycles. The molecule has 2 aromatic rings. The quantitative estimate of drug-likeness (QED) is 0.574. The van der Waals surface area contributed by atoms with Crippen LogP contribution < -0.4 is 10.8 Å². The van der Waals surface area contributed by atoms with Gasteiger partial charge in [-0.3, -0.25) is 20.1 Å². The monoisotopic (exact) mass is 470 g/mol. The van der Waals surface area contributed by atoms with Crippen LogP contribution in [0.15, 0.2) is 65.3 Å². The van der Waals surface area contributed by atoms with Gasteiger partial charge in [-0.05, 0) is 36.4 Å². The van der Waals surface area contributed by atoms with Crippen molar-refractivity contribution in [1.82, 2.24) is 20.1 Å². The molecule has 0 bridgehead atoms. The number of alkyl halides is 3. The molecule has 3 rings (SSSR count). The summed E-state index contributed by atoms with van der Waals surface area (Å²) >= 11 is 0. The van der Waals surface area contributed by atoms with Crippen molar-refractivity contribution in [3.63, 3.8) is 0 Å². The molecule has 8 nitrogen and oxygen atoms in total. The van der Waals surface area contributed by atoms with E-state index < -0.39 is 26.7 Å². The minimum atomic E-state index is -4.63. The number of aromatic nitrogens is 1. The van der Waals surface area contributed by atoms with Crippen LogP contribution in [0, 0.1) is 0 Å². The lowest BCUT2D eigenvalue weighted by Crippen LogP contribution is -2.37. The Kier molecular flexibility index (Phi) is 7.48. The molecular weight excluding hydrogens is 449 g/mol. The summed E-state index contributed by atoms with van der Waals surface area (Å²) in [6.45, 7) is -0.00665. The predicted molar refractivity (Wildman–Crippen MR) is 108 cm³/mol. The molecule has 0 radical (unpaired) electrons. The molecule has 0 saturated carbocycles. The van der Waals surface area contributed by atoms with Gasteiger partial charge in [0.1, 0.15) is 0 Å². The maximum atomic E-state index is 12.9. The van der Waals surface area contributed by atoms with E-state index in [1.165, 1.54) is 0 Å². The summed E-state index contributed by atoms with van der Waals surface area (Å²) in [4.78, 5) is 20.6. The number of carbonyl (C=O) groups is 1. The third-order valence-electron chi connectivity index (χ3n) is 4.57. The van der Waals surface area contributed by atoms with Crippen LogP contribution in [-0.4, -0.2) is 43.3 Å². The Morgan fingerprint density at radius 1 is 1.19 bits per heavy atom. The van der Waals surface area contributed by atoms with Gasteiger partial charge in [0, 0.05) is 31.4 Å². The van der Waals surface area contributed by atoms with Gasteiger partial charge in [0.15, 0.2) is 6.61 Å². The highest BCUT2D eigenvalue weighted by Crippen LogP contribution is 2.31. The molecule has 2 heterocycles. The molecule has 1 aromatic heterocycles. The molecule has 1 aliphatic heterocycles. The summed E-state index contributed by atoms with van der Waals surface area (Å²) in [6.07, 6.45) is -1.23. The van der Waals surface area contributed by atoms with Gasteiger partial charge < -0.3 is 5.32 Å². The summed E-state index contributed by atoms with van der Waals surface area (Å²) < 4.78 is 65.1. The Morgan fingerprint density at radius 3 is 2.66 bits per heavy atom. The largest absolute Gasteiger partial charge is 0.416 e. The summed E-state index contributed by atoms with van der Waals surface area (Å²) in [5, 5.41) is 2.64. The zero-order valence-corrected chi connectivity index (χ0v) is 17.6. The Balaban J connectivity index is 1.48. The van der Waals surface area contributed by atoms with E-state index in [0.717, 1.165) is 22.5 Å². The predicted octanol–water partition coefficient (Wildman–Crippen LogP) is 2.22. The first kappa shape index (κ1) is 23.7. The number of hydroxylamine groups is 1. The van der Waals surface area contributed by atoms with Crippen LogP contribution in [0.1, 0.15) is 17.7 Å². The molecule has 2 N–H and O–H groups in total. The van der Waals surface area contributed by atoms with E-state index in [1.807, 2.05) is 0 Å². The van der Waals surface area contributed by atoms with Crippen LogP contribution in [-0.2, 0) is 32.4 Å². The molecule has 0 aliphatic carbocycles. The van der Waals surface area contributed by atoms with E-state index in [4.69, 9.17) is 4.84 Å². The van der Waals surface area contributed by atoms with E-state index in [-0.39, 0.29) is 38.6 Å². The fraction of sp³-hybridized carbons (Fsp3) is 0.300.